The van der Waals surface area contributed by atoms with Crippen molar-refractivity contribution >= 4 is 27.3 Å². The second kappa shape index (κ2) is 8.26. The lowest BCUT2D eigenvalue weighted by molar-refractivity contribution is 0.0937. The summed E-state index contributed by atoms with van der Waals surface area (Å²) in [5, 5.41) is 5.32. The summed E-state index contributed by atoms with van der Waals surface area (Å²) in [6.07, 6.45) is 1.44. The first-order valence-electron chi connectivity index (χ1n) is 8.48. The van der Waals surface area contributed by atoms with Crippen molar-refractivity contribution < 1.29 is 13.2 Å². The summed E-state index contributed by atoms with van der Waals surface area (Å²) >= 11 is 1.37. The van der Waals surface area contributed by atoms with E-state index < -0.39 is 10.0 Å². The smallest absolute Gasteiger partial charge is 0.270 e. The molecule has 1 fully saturated rings. The summed E-state index contributed by atoms with van der Waals surface area (Å²) in [5.74, 6) is 0.0501. The van der Waals surface area contributed by atoms with Crippen molar-refractivity contribution in [2.75, 3.05) is 19.6 Å². The summed E-state index contributed by atoms with van der Waals surface area (Å²) in [6.45, 7) is 1.78. The molecule has 0 aliphatic carbocycles. The number of hydrogen-bond donors (Lipinski definition) is 2. The highest BCUT2D eigenvalue weighted by Crippen LogP contribution is 2.23. The fourth-order valence-electron chi connectivity index (χ4n) is 2.93. The van der Waals surface area contributed by atoms with Gasteiger partial charge in [-0.15, -0.1) is 11.3 Å². The topological polar surface area (TPSA) is 105 Å². The van der Waals surface area contributed by atoms with Crippen LogP contribution in [-0.2, 0) is 16.6 Å². The Kier molecular flexibility index (Phi) is 6.02. The highest BCUT2D eigenvalue weighted by atomic mass is 32.2. The Morgan fingerprint density at radius 1 is 1.27 bits per heavy atom. The van der Waals surface area contributed by atoms with Crippen LogP contribution in [0.3, 0.4) is 0 Å². The van der Waals surface area contributed by atoms with E-state index in [2.05, 4.69) is 10.3 Å². The number of nitrogens with two attached hydrogens (primary N) is 1. The molecular weight excluding hydrogens is 372 g/mol. The first-order valence-corrected chi connectivity index (χ1v) is 10.8. The van der Waals surface area contributed by atoms with Crippen molar-refractivity contribution in [2.45, 2.75) is 24.3 Å². The molecule has 9 heteroatoms. The van der Waals surface area contributed by atoms with E-state index in [1.165, 1.54) is 15.6 Å². The van der Waals surface area contributed by atoms with Crippen LogP contribution >= 0.6 is 11.3 Å². The number of sulfonamides is 1. The molecule has 1 aliphatic rings. The van der Waals surface area contributed by atoms with Crippen molar-refractivity contribution in [3.05, 3.63) is 46.4 Å². The second-order valence-electron chi connectivity index (χ2n) is 6.20. The Hall–Kier alpha value is -1.81. The highest BCUT2D eigenvalue weighted by molar-refractivity contribution is 7.89. The molecule has 0 bridgehead atoms. The molecule has 1 aliphatic heterocycles. The summed E-state index contributed by atoms with van der Waals surface area (Å²) in [5.41, 5.74) is 5.90. The van der Waals surface area contributed by atoms with E-state index in [1.807, 2.05) is 0 Å². The fourth-order valence-corrected chi connectivity index (χ4v) is 5.08. The second-order valence-corrected chi connectivity index (χ2v) is 9.08. The van der Waals surface area contributed by atoms with Crippen molar-refractivity contribution in [2.24, 2.45) is 11.7 Å². The van der Waals surface area contributed by atoms with Gasteiger partial charge in [0.05, 0.1) is 4.90 Å². The van der Waals surface area contributed by atoms with Gasteiger partial charge in [0.1, 0.15) is 10.7 Å². The minimum absolute atomic E-state index is 0.208. The fraction of sp³-hybridized carbons (Fsp3) is 0.412. The number of benzene rings is 1. The number of amides is 1. The third-order valence-corrected chi connectivity index (χ3v) is 7.25. The summed E-state index contributed by atoms with van der Waals surface area (Å²) in [4.78, 5) is 16.6. The number of carbonyl (C=O) groups is 1. The van der Waals surface area contributed by atoms with E-state index in [-0.39, 0.29) is 11.8 Å². The number of rotatable bonds is 6. The lowest BCUT2D eigenvalue weighted by Crippen LogP contribution is -2.41. The summed E-state index contributed by atoms with van der Waals surface area (Å²) < 4.78 is 26.8. The van der Waals surface area contributed by atoms with Gasteiger partial charge in [0, 0.05) is 31.6 Å². The monoisotopic (exact) mass is 394 g/mol. The Morgan fingerprint density at radius 2 is 1.96 bits per heavy atom. The van der Waals surface area contributed by atoms with E-state index >= 15 is 0 Å². The van der Waals surface area contributed by atoms with Gasteiger partial charge in [-0.1, -0.05) is 18.2 Å². The van der Waals surface area contributed by atoms with Crippen LogP contribution in [0, 0.1) is 5.92 Å². The third-order valence-electron chi connectivity index (χ3n) is 4.46. The lowest BCUT2D eigenvalue weighted by Gasteiger charge is -2.31. The standard InChI is InChI=1S/C17H22N4O3S2/c18-10-16-20-15(12-25-16)17(22)19-11-13-6-8-21(9-7-13)26(23,24)14-4-2-1-3-5-14/h1-5,12-13H,6-11,18H2,(H,19,22). The van der Waals surface area contributed by atoms with E-state index in [4.69, 9.17) is 5.73 Å². The normalized spacial score (nSPS) is 16.5. The average Bonchev–Trinajstić information content (AvgIpc) is 3.16. The van der Waals surface area contributed by atoms with Crippen molar-refractivity contribution in [3.8, 4) is 0 Å². The number of hydrogen-bond acceptors (Lipinski definition) is 6. The molecule has 140 valence electrons. The number of aromatic nitrogens is 1. The molecule has 3 N–H and O–H groups in total. The maximum absolute atomic E-state index is 12.6. The van der Waals surface area contributed by atoms with Crippen LogP contribution in [-0.4, -0.2) is 43.2 Å². The van der Waals surface area contributed by atoms with Crippen LogP contribution in [0.5, 0.6) is 0 Å². The van der Waals surface area contributed by atoms with Gasteiger partial charge in [0.2, 0.25) is 10.0 Å². The van der Waals surface area contributed by atoms with Gasteiger partial charge in [-0.05, 0) is 30.9 Å². The zero-order valence-electron chi connectivity index (χ0n) is 14.3. The molecule has 1 aromatic carbocycles. The molecule has 1 saturated heterocycles. The molecule has 2 aromatic rings. The summed E-state index contributed by atoms with van der Waals surface area (Å²) in [6, 6.07) is 8.48. The van der Waals surface area contributed by atoms with Crippen LogP contribution in [0.15, 0.2) is 40.6 Å². The van der Waals surface area contributed by atoms with Gasteiger partial charge in [-0.25, -0.2) is 13.4 Å². The number of thiazole rings is 1. The zero-order chi connectivity index (χ0) is 18.6. The molecular formula is C17H22N4O3S2. The minimum Gasteiger partial charge on any atom is -0.350 e. The van der Waals surface area contributed by atoms with Crippen molar-refractivity contribution in [1.29, 1.82) is 0 Å². The maximum Gasteiger partial charge on any atom is 0.270 e. The van der Waals surface area contributed by atoms with Gasteiger partial charge in [0.25, 0.3) is 5.91 Å². The molecule has 0 spiro atoms. The molecule has 0 unspecified atom stereocenters. The van der Waals surface area contributed by atoms with Crippen LogP contribution in [0.2, 0.25) is 0 Å². The predicted molar refractivity (Wildman–Crippen MR) is 100 cm³/mol. The van der Waals surface area contributed by atoms with Gasteiger partial charge < -0.3 is 11.1 Å². The largest absolute Gasteiger partial charge is 0.350 e. The maximum atomic E-state index is 12.6. The molecule has 1 amide bonds. The van der Waals surface area contributed by atoms with E-state index in [0.29, 0.717) is 36.8 Å². The van der Waals surface area contributed by atoms with E-state index in [9.17, 15) is 13.2 Å². The predicted octanol–water partition coefficient (Wildman–Crippen LogP) is 1.43. The van der Waals surface area contributed by atoms with Crippen LogP contribution < -0.4 is 11.1 Å². The van der Waals surface area contributed by atoms with Crippen molar-refractivity contribution in [1.82, 2.24) is 14.6 Å². The Labute approximate surface area is 157 Å². The SMILES string of the molecule is NCc1nc(C(=O)NCC2CCN(S(=O)(=O)c3ccccc3)CC2)cs1. The van der Waals surface area contributed by atoms with Gasteiger partial charge >= 0.3 is 0 Å². The van der Waals surface area contributed by atoms with Crippen molar-refractivity contribution in [3.63, 3.8) is 0 Å². The Bertz CT molecular complexity index is 844. The third kappa shape index (κ3) is 4.29. The quantitative estimate of drug-likeness (QED) is 0.771. The molecule has 0 atom stereocenters. The first kappa shape index (κ1) is 19.0. The Balaban J connectivity index is 1.50. The molecule has 3 rings (SSSR count). The van der Waals surface area contributed by atoms with Crippen LogP contribution in [0.25, 0.3) is 0 Å². The molecule has 0 saturated carbocycles. The molecule has 0 radical (unpaired) electrons. The zero-order valence-corrected chi connectivity index (χ0v) is 15.9. The molecule has 26 heavy (non-hydrogen) atoms. The van der Waals surface area contributed by atoms with Gasteiger partial charge in [-0.3, -0.25) is 4.79 Å². The van der Waals surface area contributed by atoms with E-state index in [0.717, 1.165) is 17.8 Å². The molecule has 2 heterocycles. The minimum atomic E-state index is -3.43. The first-order chi connectivity index (χ1) is 12.5. The highest BCUT2D eigenvalue weighted by Gasteiger charge is 2.29. The number of nitrogens with one attached hydrogen (secondary N) is 1. The van der Waals surface area contributed by atoms with E-state index in [1.54, 1.807) is 35.7 Å². The summed E-state index contributed by atoms with van der Waals surface area (Å²) in [7, 11) is -3.43. The van der Waals surface area contributed by atoms with Gasteiger partial charge in [-0.2, -0.15) is 4.31 Å². The lowest BCUT2D eigenvalue weighted by atomic mass is 9.98. The number of nitrogens with zero attached hydrogens (tertiary/aromatic N) is 2. The molecule has 1 aromatic heterocycles. The van der Waals surface area contributed by atoms with Crippen LogP contribution in [0.4, 0.5) is 0 Å². The van der Waals surface area contributed by atoms with Crippen LogP contribution in [0.1, 0.15) is 28.3 Å². The van der Waals surface area contributed by atoms with Gasteiger partial charge in [0.15, 0.2) is 0 Å². The number of piperidine rings is 1. The average molecular weight is 395 g/mol. The number of carbonyl (C=O) groups excluding carboxylic acids is 1. The molecule has 7 nitrogen and oxygen atoms in total. The Morgan fingerprint density at radius 3 is 2.58 bits per heavy atom.